The summed E-state index contributed by atoms with van der Waals surface area (Å²) in [4.78, 5) is 16.6. The van der Waals surface area contributed by atoms with E-state index in [0.717, 1.165) is 29.9 Å². The third-order valence-electron chi connectivity index (χ3n) is 4.15. The van der Waals surface area contributed by atoms with Crippen molar-refractivity contribution in [2.45, 2.75) is 32.7 Å². The fourth-order valence-electron chi connectivity index (χ4n) is 2.72. The van der Waals surface area contributed by atoms with Crippen molar-refractivity contribution < 1.29 is 9.32 Å². The Balaban J connectivity index is 1.46. The van der Waals surface area contributed by atoms with Crippen molar-refractivity contribution in [3.63, 3.8) is 0 Å². The molecule has 0 aliphatic carbocycles. The van der Waals surface area contributed by atoms with E-state index in [1.807, 2.05) is 36.4 Å². The van der Waals surface area contributed by atoms with Gasteiger partial charge in [-0.2, -0.15) is 4.98 Å². The van der Waals surface area contributed by atoms with Crippen LogP contribution in [0.1, 0.15) is 31.2 Å². The van der Waals surface area contributed by atoms with Crippen LogP contribution >= 0.6 is 11.6 Å². The van der Waals surface area contributed by atoms with E-state index in [9.17, 15) is 4.79 Å². The molecule has 2 N–H and O–H groups in total. The van der Waals surface area contributed by atoms with E-state index in [0.29, 0.717) is 36.0 Å². The quantitative estimate of drug-likeness (QED) is 0.556. The number of aryl methyl sites for hydroxylation is 1. The second kappa shape index (κ2) is 10.0. The van der Waals surface area contributed by atoms with Gasteiger partial charge in [0.15, 0.2) is 0 Å². The normalized spacial score (nSPS) is 10.8. The molecule has 3 rings (SSSR count). The van der Waals surface area contributed by atoms with Crippen LogP contribution in [0, 0.1) is 0 Å². The van der Waals surface area contributed by atoms with Crippen LogP contribution < -0.4 is 10.6 Å². The van der Waals surface area contributed by atoms with Crippen LogP contribution in [0.2, 0.25) is 5.02 Å². The summed E-state index contributed by atoms with van der Waals surface area (Å²) in [7, 11) is 0. The number of amides is 1. The number of carbonyl (C=O) groups is 1. The largest absolute Gasteiger partial charge is 0.339 e. The smallest absolute Gasteiger partial charge is 0.226 e. The first-order valence-corrected chi connectivity index (χ1v) is 9.70. The van der Waals surface area contributed by atoms with Gasteiger partial charge in [-0.15, -0.1) is 0 Å². The van der Waals surface area contributed by atoms with E-state index in [4.69, 9.17) is 16.1 Å². The molecule has 0 atom stereocenters. The lowest BCUT2D eigenvalue weighted by Gasteiger charge is -2.07. The number of aromatic nitrogens is 2. The van der Waals surface area contributed by atoms with E-state index in [1.54, 1.807) is 12.1 Å². The first-order valence-electron chi connectivity index (χ1n) is 9.32. The van der Waals surface area contributed by atoms with E-state index in [1.165, 1.54) is 0 Å². The molecule has 0 bridgehead atoms. The lowest BCUT2D eigenvalue weighted by atomic mass is 10.2. The number of hydrogen-bond donors (Lipinski definition) is 2. The Morgan fingerprint density at radius 3 is 2.79 bits per heavy atom. The van der Waals surface area contributed by atoms with Gasteiger partial charge in [0.25, 0.3) is 0 Å². The number of benzene rings is 2. The minimum Gasteiger partial charge on any atom is -0.339 e. The third kappa shape index (κ3) is 5.90. The van der Waals surface area contributed by atoms with Crippen LogP contribution in [-0.4, -0.2) is 22.6 Å². The van der Waals surface area contributed by atoms with Crippen molar-refractivity contribution >= 4 is 23.2 Å². The van der Waals surface area contributed by atoms with Crippen molar-refractivity contribution in [2.24, 2.45) is 0 Å². The summed E-state index contributed by atoms with van der Waals surface area (Å²) in [6, 6.07) is 15.1. The molecule has 0 aliphatic heterocycles. The Hall–Kier alpha value is -2.70. The van der Waals surface area contributed by atoms with E-state index >= 15 is 0 Å². The van der Waals surface area contributed by atoms with Crippen molar-refractivity contribution in [1.82, 2.24) is 15.5 Å². The number of rotatable bonds is 9. The van der Waals surface area contributed by atoms with Crippen LogP contribution in [0.15, 0.2) is 53.1 Å². The second-order valence-electron chi connectivity index (χ2n) is 6.40. The predicted molar refractivity (Wildman–Crippen MR) is 110 cm³/mol. The lowest BCUT2D eigenvalue weighted by Crippen LogP contribution is -2.14. The molecule has 0 aliphatic rings. The van der Waals surface area contributed by atoms with Gasteiger partial charge in [0.05, 0.1) is 0 Å². The number of hydrogen-bond acceptors (Lipinski definition) is 5. The third-order valence-corrected chi connectivity index (χ3v) is 4.41. The Bertz CT molecular complexity index is 909. The maximum absolute atomic E-state index is 12.2. The highest BCUT2D eigenvalue weighted by Gasteiger charge is 2.10. The van der Waals surface area contributed by atoms with Crippen molar-refractivity contribution in [1.29, 1.82) is 0 Å². The highest BCUT2D eigenvalue weighted by molar-refractivity contribution is 6.30. The highest BCUT2D eigenvalue weighted by atomic mass is 35.5. The average molecular weight is 399 g/mol. The highest BCUT2D eigenvalue weighted by Crippen LogP contribution is 2.19. The van der Waals surface area contributed by atoms with Crippen molar-refractivity contribution in [2.75, 3.05) is 11.9 Å². The fraction of sp³-hybridized carbons (Fsp3) is 0.286. The van der Waals surface area contributed by atoms with Crippen LogP contribution in [0.3, 0.4) is 0 Å². The zero-order valence-electron chi connectivity index (χ0n) is 15.7. The Morgan fingerprint density at radius 1 is 1.18 bits per heavy atom. The average Bonchev–Trinajstić information content (AvgIpc) is 3.16. The summed E-state index contributed by atoms with van der Waals surface area (Å²) >= 11 is 5.89. The molecular formula is C21H23ClN4O2. The molecular weight excluding hydrogens is 376 g/mol. The molecule has 7 heteroatoms. The molecule has 3 aromatic rings. The number of anilines is 1. The lowest BCUT2D eigenvalue weighted by molar-refractivity contribution is -0.116. The van der Waals surface area contributed by atoms with Crippen LogP contribution in [0.25, 0.3) is 11.4 Å². The molecule has 146 valence electrons. The van der Waals surface area contributed by atoms with Gasteiger partial charge in [-0.05, 0) is 54.9 Å². The number of halogens is 1. The number of nitrogens with one attached hydrogen (secondary N) is 2. The molecule has 0 saturated carbocycles. The van der Waals surface area contributed by atoms with Crippen LogP contribution in [0.5, 0.6) is 0 Å². The summed E-state index contributed by atoms with van der Waals surface area (Å²) in [5.41, 5.74) is 2.79. The Labute approximate surface area is 169 Å². The molecule has 0 radical (unpaired) electrons. The SMILES string of the molecule is CCNCc1cccc(NC(=O)CCCc2nc(-c3ccc(Cl)cc3)no2)c1. The van der Waals surface area contributed by atoms with Gasteiger partial charge in [-0.3, -0.25) is 4.79 Å². The van der Waals surface area contributed by atoms with Gasteiger partial charge in [0.1, 0.15) is 0 Å². The summed E-state index contributed by atoms with van der Waals surface area (Å²) < 4.78 is 5.27. The molecule has 0 unspecified atom stereocenters. The van der Waals surface area contributed by atoms with Crippen LogP contribution in [0.4, 0.5) is 5.69 Å². The summed E-state index contributed by atoms with van der Waals surface area (Å²) in [5.74, 6) is 1.01. The topological polar surface area (TPSA) is 80.0 Å². The predicted octanol–water partition coefficient (Wildman–Crippen LogP) is 4.46. The molecule has 0 spiro atoms. The zero-order chi connectivity index (χ0) is 19.8. The molecule has 1 aromatic heterocycles. The van der Waals surface area contributed by atoms with Crippen molar-refractivity contribution in [3.05, 3.63) is 65.0 Å². The summed E-state index contributed by atoms with van der Waals surface area (Å²) in [5, 5.41) is 10.8. The van der Waals surface area contributed by atoms with Crippen LogP contribution in [-0.2, 0) is 17.8 Å². The minimum atomic E-state index is -0.0296. The van der Waals surface area contributed by atoms with Gasteiger partial charge in [-0.1, -0.05) is 35.8 Å². The first kappa shape index (κ1) is 20.0. The van der Waals surface area contributed by atoms with Gasteiger partial charge < -0.3 is 15.2 Å². The van der Waals surface area contributed by atoms with E-state index in [2.05, 4.69) is 27.7 Å². The molecule has 2 aromatic carbocycles. The second-order valence-corrected chi connectivity index (χ2v) is 6.84. The first-order chi connectivity index (χ1) is 13.6. The van der Waals surface area contributed by atoms with Gasteiger partial charge in [-0.25, -0.2) is 0 Å². The fourth-order valence-corrected chi connectivity index (χ4v) is 2.85. The van der Waals surface area contributed by atoms with E-state index < -0.39 is 0 Å². The maximum atomic E-state index is 12.2. The summed E-state index contributed by atoms with van der Waals surface area (Å²) in [6.45, 7) is 3.76. The number of carbonyl (C=O) groups excluding carboxylic acids is 1. The van der Waals surface area contributed by atoms with Gasteiger partial charge in [0.2, 0.25) is 17.6 Å². The number of nitrogens with zero attached hydrogens (tertiary/aromatic N) is 2. The zero-order valence-corrected chi connectivity index (χ0v) is 16.5. The molecule has 0 saturated heterocycles. The minimum absolute atomic E-state index is 0.0296. The standard InChI is InChI=1S/C21H23ClN4O2/c1-2-23-14-15-5-3-6-18(13-15)24-19(27)7-4-8-20-25-21(26-28-20)16-9-11-17(22)12-10-16/h3,5-6,9-13,23H,2,4,7-8,14H2,1H3,(H,24,27). The molecule has 1 amide bonds. The van der Waals surface area contributed by atoms with E-state index in [-0.39, 0.29) is 5.91 Å². The molecule has 28 heavy (non-hydrogen) atoms. The molecule has 6 nitrogen and oxygen atoms in total. The van der Waals surface area contributed by atoms with Gasteiger partial charge in [0, 0.05) is 35.7 Å². The Morgan fingerprint density at radius 2 is 2.00 bits per heavy atom. The molecule has 1 heterocycles. The maximum Gasteiger partial charge on any atom is 0.226 e. The van der Waals surface area contributed by atoms with Crippen molar-refractivity contribution in [3.8, 4) is 11.4 Å². The Kier molecular flexibility index (Phi) is 7.17. The van der Waals surface area contributed by atoms with Gasteiger partial charge >= 0.3 is 0 Å². The molecule has 0 fully saturated rings. The summed E-state index contributed by atoms with van der Waals surface area (Å²) in [6.07, 6.45) is 1.57. The monoisotopic (exact) mass is 398 g/mol.